The first kappa shape index (κ1) is 20.5. The van der Waals surface area contributed by atoms with Crippen molar-refractivity contribution in [3.8, 4) is 0 Å². The minimum Gasteiger partial charge on any atom is -0.361 e. The van der Waals surface area contributed by atoms with Gasteiger partial charge in [-0.05, 0) is 58.4 Å². The summed E-state index contributed by atoms with van der Waals surface area (Å²) in [6.45, 7) is 9.79. The molecule has 1 aromatic heterocycles. The average molecular weight is 400 g/mol. The third-order valence-electron chi connectivity index (χ3n) is 6.96. The molecule has 1 aromatic rings. The van der Waals surface area contributed by atoms with Gasteiger partial charge in [-0.1, -0.05) is 29.3 Å². The molecule has 1 saturated heterocycles. The van der Waals surface area contributed by atoms with E-state index in [1.807, 2.05) is 13.8 Å². The number of rotatable bonds is 6. The van der Waals surface area contributed by atoms with E-state index in [0.717, 1.165) is 61.1 Å². The first-order chi connectivity index (χ1) is 13.8. The zero-order valence-corrected chi connectivity index (χ0v) is 18.2. The average Bonchev–Trinajstić information content (AvgIpc) is 3.25. The fourth-order valence-corrected chi connectivity index (χ4v) is 5.24. The summed E-state index contributed by atoms with van der Waals surface area (Å²) in [4.78, 5) is 12.9. The quantitative estimate of drug-likeness (QED) is 0.629. The van der Waals surface area contributed by atoms with Crippen LogP contribution in [0.2, 0.25) is 0 Å². The third-order valence-corrected chi connectivity index (χ3v) is 6.96. The Balaban J connectivity index is 1.54. The van der Waals surface area contributed by atoms with Crippen molar-refractivity contribution in [2.24, 2.45) is 5.41 Å². The summed E-state index contributed by atoms with van der Waals surface area (Å²) in [6, 6.07) is 0. The Labute approximate surface area is 173 Å². The van der Waals surface area contributed by atoms with Crippen molar-refractivity contribution in [1.82, 2.24) is 5.16 Å². The maximum atomic E-state index is 12.9. The molecule has 0 bridgehead atoms. The van der Waals surface area contributed by atoms with E-state index in [1.54, 1.807) is 0 Å². The Bertz CT molecular complexity index is 856. The molecule has 0 spiro atoms. The number of nitrogens with zero attached hydrogens (tertiary/aromatic N) is 1. The van der Waals surface area contributed by atoms with Gasteiger partial charge in [0.15, 0.2) is 11.6 Å². The molecule has 0 aromatic carbocycles. The summed E-state index contributed by atoms with van der Waals surface area (Å²) in [5, 5.41) is 4.32. The summed E-state index contributed by atoms with van der Waals surface area (Å²) in [7, 11) is 0. The van der Waals surface area contributed by atoms with Gasteiger partial charge in [-0.25, -0.2) is 0 Å². The molecule has 29 heavy (non-hydrogen) atoms. The third kappa shape index (κ3) is 4.13. The van der Waals surface area contributed by atoms with Crippen LogP contribution >= 0.6 is 0 Å². The molecule has 5 heteroatoms. The standard InChI is InChI=1S/C24H33NO4/c1-16-7-8-20-19(22(26)9-11-23(20,3)15-16)14-18-17(2)29-25-21(18)6-5-10-24(4)27-12-13-28-24/h15H,5-14H2,1-4H3/t23-/m1/s1. The number of aryl methyl sites for hydroxylation is 2. The van der Waals surface area contributed by atoms with Crippen molar-refractivity contribution in [3.63, 3.8) is 0 Å². The van der Waals surface area contributed by atoms with Crippen molar-refractivity contribution in [2.75, 3.05) is 13.2 Å². The maximum Gasteiger partial charge on any atom is 0.165 e. The van der Waals surface area contributed by atoms with Crippen molar-refractivity contribution in [3.05, 3.63) is 39.8 Å². The van der Waals surface area contributed by atoms with Crippen molar-refractivity contribution >= 4 is 5.78 Å². The summed E-state index contributed by atoms with van der Waals surface area (Å²) in [5.41, 5.74) is 5.88. The van der Waals surface area contributed by atoms with Crippen LogP contribution in [0, 0.1) is 12.3 Å². The second-order valence-electron chi connectivity index (χ2n) is 9.31. The SMILES string of the molecule is CC1=C[C@@]2(C)CCC(=O)C(Cc3c(CCCC4(C)OCCO4)noc3C)=C2CC1. The molecule has 2 aliphatic carbocycles. The normalized spacial score (nSPS) is 26.6. The predicted molar refractivity (Wildman–Crippen MR) is 111 cm³/mol. The number of Topliss-reactive ketones (excluding diaryl/α,β-unsaturated/α-hetero) is 1. The first-order valence-electron chi connectivity index (χ1n) is 11.0. The first-order valence-corrected chi connectivity index (χ1v) is 11.0. The molecule has 1 atom stereocenters. The minimum atomic E-state index is -0.475. The highest BCUT2D eigenvalue weighted by atomic mass is 16.7. The second-order valence-corrected chi connectivity index (χ2v) is 9.31. The van der Waals surface area contributed by atoms with Gasteiger partial charge in [0.25, 0.3) is 0 Å². The van der Waals surface area contributed by atoms with Crippen LogP contribution in [0.5, 0.6) is 0 Å². The van der Waals surface area contributed by atoms with E-state index < -0.39 is 5.79 Å². The van der Waals surface area contributed by atoms with E-state index in [9.17, 15) is 4.79 Å². The number of aromatic nitrogens is 1. The lowest BCUT2D eigenvalue weighted by atomic mass is 9.65. The molecule has 0 amide bonds. The molecule has 5 nitrogen and oxygen atoms in total. The summed E-state index contributed by atoms with van der Waals surface area (Å²) in [5.74, 6) is 0.657. The number of ketones is 1. The van der Waals surface area contributed by atoms with Gasteiger partial charge in [-0.3, -0.25) is 4.79 Å². The Morgan fingerprint density at radius 2 is 1.86 bits per heavy atom. The molecular weight excluding hydrogens is 366 g/mol. The molecule has 1 fully saturated rings. The van der Waals surface area contributed by atoms with Gasteiger partial charge in [0.2, 0.25) is 0 Å². The lowest BCUT2D eigenvalue weighted by molar-refractivity contribution is -0.147. The van der Waals surface area contributed by atoms with Crippen LogP contribution in [0.1, 0.15) is 76.3 Å². The van der Waals surface area contributed by atoms with Crippen LogP contribution in [0.3, 0.4) is 0 Å². The van der Waals surface area contributed by atoms with Crippen molar-refractivity contribution in [1.29, 1.82) is 0 Å². The van der Waals surface area contributed by atoms with Gasteiger partial charge < -0.3 is 14.0 Å². The number of carbonyl (C=O) groups excluding carboxylic acids is 1. The number of fused-ring (bicyclic) bond motifs is 1. The van der Waals surface area contributed by atoms with Crippen LogP contribution in [-0.4, -0.2) is 29.9 Å². The van der Waals surface area contributed by atoms with E-state index in [4.69, 9.17) is 14.0 Å². The highest BCUT2D eigenvalue weighted by Gasteiger charge is 2.38. The fourth-order valence-electron chi connectivity index (χ4n) is 5.24. The summed E-state index contributed by atoms with van der Waals surface area (Å²) < 4.78 is 16.9. The van der Waals surface area contributed by atoms with Crippen molar-refractivity contribution in [2.45, 2.75) is 84.8 Å². The van der Waals surface area contributed by atoms with Crippen molar-refractivity contribution < 1.29 is 18.8 Å². The number of allylic oxidation sites excluding steroid dienone is 4. The number of hydrogen-bond donors (Lipinski definition) is 0. The van der Waals surface area contributed by atoms with Gasteiger partial charge in [-0.15, -0.1) is 0 Å². The van der Waals surface area contributed by atoms with Crippen LogP contribution < -0.4 is 0 Å². The van der Waals surface area contributed by atoms with E-state index in [-0.39, 0.29) is 5.41 Å². The van der Waals surface area contributed by atoms with Gasteiger partial charge in [0, 0.05) is 30.2 Å². The van der Waals surface area contributed by atoms with E-state index >= 15 is 0 Å². The Kier molecular flexibility index (Phi) is 5.56. The Hall–Kier alpha value is -1.72. The molecule has 0 N–H and O–H groups in total. The molecule has 158 valence electrons. The van der Waals surface area contributed by atoms with Gasteiger partial charge in [0.05, 0.1) is 18.9 Å². The lowest BCUT2D eigenvalue weighted by Gasteiger charge is -2.39. The Morgan fingerprint density at radius 3 is 2.62 bits per heavy atom. The molecule has 2 heterocycles. The number of hydrogen-bond acceptors (Lipinski definition) is 5. The zero-order chi connectivity index (χ0) is 20.6. The topological polar surface area (TPSA) is 61.6 Å². The van der Waals surface area contributed by atoms with Crippen LogP contribution in [0.25, 0.3) is 0 Å². The monoisotopic (exact) mass is 399 g/mol. The smallest absolute Gasteiger partial charge is 0.165 e. The molecule has 3 aliphatic rings. The second kappa shape index (κ2) is 7.84. The number of ether oxygens (including phenoxy) is 2. The molecule has 1 aliphatic heterocycles. The summed E-state index contributed by atoms with van der Waals surface area (Å²) >= 11 is 0. The molecule has 0 radical (unpaired) electrons. The molecule has 0 saturated carbocycles. The molecular formula is C24H33NO4. The largest absolute Gasteiger partial charge is 0.361 e. The summed E-state index contributed by atoms with van der Waals surface area (Å²) in [6.07, 6.45) is 9.18. The lowest BCUT2D eigenvalue weighted by Crippen LogP contribution is -2.30. The highest BCUT2D eigenvalue weighted by Crippen LogP contribution is 2.47. The highest BCUT2D eigenvalue weighted by molar-refractivity contribution is 5.98. The fraction of sp³-hybridized carbons (Fsp3) is 0.667. The maximum absolute atomic E-state index is 12.9. The van der Waals surface area contributed by atoms with E-state index in [1.165, 1.54) is 11.1 Å². The van der Waals surface area contributed by atoms with E-state index in [0.29, 0.717) is 31.8 Å². The van der Waals surface area contributed by atoms with Crippen LogP contribution in [0.4, 0.5) is 0 Å². The molecule has 0 unspecified atom stereocenters. The van der Waals surface area contributed by atoms with Crippen LogP contribution in [0.15, 0.2) is 27.3 Å². The zero-order valence-electron chi connectivity index (χ0n) is 18.2. The molecule has 4 rings (SSSR count). The predicted octanol–water partition coefficient (Wildman–Crippen LogP) is 5.02. The Morgan fingerprint density at radius 1 is 1.10 bits per heavy atom. The van der Waals surface area contributed by atoms with Gasteiger partial charge in [0.1, 0.15) is 5.76 Å². The minimum absolute atomic E-state index is 0.0303. The van der Waals surface area contributed by atoms with Gasteiger partial charge in [-0.2, -0.15) is 0 Å². The van der Waals surface area contributed by atoms with Crippen LogP contribution in [-0.2, 0) is 27.1 Å². The number of carbonyl (C=O) groups is 1. The van der Waals surface area contributed by atoms with E-state index in [2.05, 4.69) is 25.1 Å². The van der Waals surface area contributed by atoms with Gasteiger partial charge >= 0.3 is 0 Å².